The van der Waals surface area contributed by atoms with Crippen LogP contribution >= 0.6 is 11.3 Å². The van der Waals surface area contributed by atoms with Crippen molar-refractivity contribution in [3.05, 3.63) is 60.0 Å². The lowest BCUT2D eigenvalue weighted by molar-refractivity contribution is 0.146. The predicted octanol–water partition coefficient (Wildman–Crippen LogP) is 4.90. The van der Waals surface area contributed by atoms with Crippen LogP contribution in [0.25, 0.3) is 22.0 Å². The second-order valence-electron chi connectivity index (χ2n) is 7.97. The fraction of sp³-hybridized carbons (Fsp3) is 0.240. The summed E-state index contributed by atoms with van der Waals surface area (Å²) >= 11 is 1.47. The Balaban J connectivity index is 1.77. The smallest absolute Gasteiger partial charge is 0.262 e. The molecule has 1 heterocycles. The van der Waals surface area contributed by atoms with E-state index in [2.05, 4.69) is 15.0 Å². The molecule has 35 heavy (non-hydrogen) atoms. The molecule has 0 aliphatic heterocycles. The van der Waals surface area contributed by atoms with Crippen LogP contribution in [0.15, 0.2) is 64.9 Å². The minimum absolute atomic E-state index is 0.193. The van der Waals surface area contributed by atoms with Gasteiger partial charge in [0, 0.05) is 55.7 Å². The van der Waals surface area contributed by atoms with E-state index in [1.54, 1.807) is 38.4 Å². The Bertz CT molecular complexity index is 1430. The van der Waals surface area contributed by atoms with Gasteiger partial charge in [-0.3, -0.25) is 4.72 Å². The van der Waals surface area contributed by atoms with E-state index in [-0.39, 0.29) is 11.5 Å². The number of nitrogens with one attached hydrogen (secondary N) is 2. The normalized spacial score (nSPS) is 11.4. The minimum atomic E-state index is -3.94. The molecule has 4 rings (SSSR count). The third-order valence-corrected chi connectivity index (χ3v) is 7.70. The number of sulfonamides is 1. The van der Waals surface area contributed by atoms with Crippen LogP contribution in [0.4, 0.5) is 16.5 Å². The number of benzene rings is 3. The SMILES string of the molecule is CNc1nc(-c2ccc(OCCOC)c(NS(=O)(=O)c3cccc4c(N(C)C)cccc34)c2)cs1. The fourth-order valence-electron chi connectivity index (χ4n) is 3.74. The first-order chi connectivity index (χ1) is 16.8. The number of methoxy groups -OCH3 is 1. The molecule has 8 nitrogen and oxygen atoms in total. The number of ether oxygens (including phenoxy) is 2. The Hall–Kier alpha value is -3.34. The maximum absolute atomic E-state index is 13.6. The number of thiazole rings is 1. The van der Waals surface area contributed by atoms with Crippen LogP contribution in [-0.2, 0) is 14.8 Å². The molecule has 0 unspecified atom stereocenters. The average Bonchev–Trinajstić information content (AvgIpc) is 3.33. The monoisotopic (exact) mass is 512 g/mol. The summed E-state index contributed by atoms with van der Waals surface area (Å²) in [7, 11) is 3.31. The molecule has 0 fully saturated rings. The Morgan fingerprint density at radius 3 is 2.51 bits per heavy atom. The fourth-order valence-corrected chi connectivity index (χ4v) is 5.70. The summed E-state index contributed by atoms with van der Waals surface area (Å²) in [6.45, 7) is 0.661. The molecule has 0 saturated carbocycles. The molecule has 10 heteroatoms. The lowest BCUT2D eigenvalue weighted by Gasteiger charge is -2.18. The zero-order chi connectivity index (χ0) is 25.0. The molecule has 0 amide bonds. The van der Waals surface area contributed by atoms with Crippen molar-refractivity contribution < 1.29 is 17.9 Å². The molecule has 0 atom stereocenters. The van der Waals surface area contributed by atoms with Gasteiger partial charge in [-0.15, -0.1) is 11.3 Å². The van der Waals surface area contributed by atoms with Gasteiger partial charge in [-0.2, -0.15) is 0 Å². The Labute approximate surface area is 209 Å². The van der Waals surface area contributed by atoms with Gasteiger partial charge in [-0.25, -0.2) is 13.4 Å². The number of hydrogen-bond donors (Lipinski definition) is 2. The third kappa shape index (κ3) is 5.34. The lowest BCUT2D eigenvalue weighted by atomic mass is 10.1. The van der Waals surface area contributed by atoms with Crippen LogP contribution in [0.5, 0.6) is 5.75 Å². The van der Waals surface area contributed by atoms with E-state index < -0.39 is 10.0 Å². The summed E-state index contributed by atoms with van der Waals surface area (Å²) < 4.78 is 41.0. The number of rotatable bonds is 10. The van der Waals surface area contributed by atoms with Crippen LogP contribution in [0.1, 0.15) is 0 Å². The first-order valence-corrected chi connectivity index (χ1v) is 13.3. The van der Waals surface area contributed by atoms with E-state index in [1.807, 2.05) is 54.7 Å². The van der Waals surface area contributed by atoms with E-state index >= 15 is 0 Å². The van der Waals surface area contributed by atoms with E-state index in [4.69, 9.17) is 9.47 Å². The summed E-state index contributed by atoms with van der Waals surface area (Å²) in [6, 6.07) is 16.3. The standard InChI is InChI=1S/C25H28N4O4S2/c1-26-25-27-21(16-34-25)17-11-12-23(33-14-13-32-4)20(15-17)28-35(30,31)24-10-6-7-18-19(24)8-5-9-22(18)29(2)3/h5-12,15-16,28H,13-14H2,1-4H3,(H,26,27). The lowest BCUT2D eigenvalue weighted by Crippen LogP contribution is -2.15. The summed E-state index contributed by atoms with van der Waals surface area (Å²) in [5, 5.41) is 7.20. The molecule has 4 aromatic rings. The van der Waals surface area contributed by atoms with Crippen LogP contribution in [0.3, 0.4) is 0 Å². The average molecular weight is 513 g/mol. The van der Waals surface area contributed by atoms with Crippen LogP contribution in [-0.4, -0.2) is 54.9 Å². The van der Waals surface area contributed by atoms with Crippen molar-refractivity contribution in [1.29, 1.82) is 0 Å². The Morgan fingerprint density at radius 2 is 1.80 bits per heavy atom. The molecule has 2 N–H and O–H groups in total. The molecule has 0 bridgehead atoms. The first kappa shape index (κ1) is 24.8. The number of fused-ring (bicyclic) bond motifs is 1. The maximum Gasteiger partial charge on any atom is 0.262 e. The van der Waals surface area contributed by atoms with Crippen LogP contribution in [0.2, 0.25) is 0 Å². The molecule has 184 valence electrons. The number of nitrogens with zero attached hydrogens (tertiary/aromatic N) is 2. The maximum atomic E-state index is 13.6. The second-order valence-corrected chi connectivity index (χ2v) is 10.5. The van der Waals surface area contributed by atoms with Gasteiger partial charge in [-0.05, 0) is 30.3 Å². The number of hydrogen-bond acceptors (Lipinski definition) is 8. The highest BCUT2D eigenvalue weighted by Gasteiger charge is 2.21. The molecule has 0 radical (unpaired) electrons. The number of anilines is 3. The van der Waals surface area contributed by atoms with Gasteiger partial charge in [-0.1, -0.05) is 24.3 Å². The number of aromatic nitrogens is 1. The molecule has 1 aromatic heterocycles. The van der Waals surface area contributed by atoms with Gasteiger partial charge in [0.15, 0.2) is 5.13 Å². The van der Waals surface area contributed by atoms with Gasteiger partial charge in [0.25, 0.3) is 10.0 Å². The van der Waals surface area contributed by atoms with Crippen molar-refractivity contribution in [2.75, 3.05) is 56.4 Å². The van der Waals surface area contributed by atoms with E-state index in [0.717, 1.165) is 27.5 Å². The van der Waals surface area contributed by atoms with Gasteiger partial charge in [0.2, 0.25) is 0 Å². The largest absolute Gasteiger partial charge is 0.489 e. The van der Waals surface area contributed by atoms with Crippen molar-refractivity contribution in [2.45, 2.75) is 4.90 Å². The van der Waals surface area contributed by atoms with Gasteiger partial charge in [0.05, 0.1) is 22.9 Å². The highest BCUT2D eigenvalue weighted by molar-refractivity contribution is 7.93. The van der Waals surface area contributed by atoms with Crippen LogP contribution in [0, 0.1) is 0 Å². The van der Waals surface area contributed by atoms with Gasteiger partial charge in [0.1, 0.15) is 12.4 Å². The van der Waals surface area contributed by atoms with Crippen LogP contribution < -0.4 is 19.7 Å². The topological polar surface area (TPSA) is 92.8 Å². The summed E-state index contributed by atoms with van der Waals surface area (Å²) in [5.41, 5.74) is 2.78. The van der Waals surface area contributed by atoms with E-state index in [1.165, 1.54) is 11.3 Å². The Kier molecular flexibility index (Phi) is 7.44. The zero-order valence-electron chi connectivity index (χ0n) is 20.0. The third-order valence-electron chi connectivity index (χ3n) is 5.41. The van der Waals surface area contributed by atoms with Gasteiger partial charge >= 0.3 is 0 Å². The van der Waals surface area contributed by atoms with E-state index in [0.29, 0.717) is 23.4 Å². The molecule has 0 spiro atoms. The van der Waals surface area contributed by atoms with Crippen molar-refractivity contribution in [1.82, 2.24) is 4.98 Å². The molecule has 0 aliphatic rings. The molecule has 0 saturated heterocycles. The van der Waals surface area contributed by atoms with Crippen molar-refractivity contribution >= 4 is 48.6 Å². The van der Waals surface area contributed by atoms with Gasteiger partial charge < -0.3 is 19.7 Å². The molecular formula is C25H28N4O4S2. The second kappa shape index (κ2) is 10.5. The van der Waals surface area contributed by atoms with Crippen molar-refractivity contribution in [3.8, 4) is 17.0 Å². The summed E-state index contributed by atoms with van der Waals surface area (Å²) in [5.74, 6) is 0.410. The minimum Gasteiger partial charge on any atom is -0.489 e. The Morgan fingerprint density at radius 1 is 1.03 bits per heavy atom. The predicted molar refractivity (Wildman–Crippen MR) is 144 cm³/mol. The highest BCUT2D eigenvalue weighted by atomic mass is 32.2. The van der Waals surface area contributed by atoms with E-state index in [9.17, 15) is 8.42 Å². The molecule has 0 aliphatic carbocycles. The van der Waals surface area contributed by atoms with Crippen molar-refractivity contribution in [2.24, 2.45) is 0 Å². The summed E-state index contributed by atoms with van der Waals surface area (Å²) in [6.07, 6.45) is 0. The first-order valence-electron chi connectivity index (χ1n) is 11.0. The zero-order valence-corrected chi connectivity index (χ0v) is 21.7. The van der Waals surface area contributed by atoms with Crippen molar-refractivity contribution in [3.63, 3.8) is 0 Å². The molecule has 3 aromatic carbocycles. The highest BCUT2D eigenvalue weighted by Crippen LogP contribution is 2.35. The molecular weight excluding hydrogens is 484 g/mol. The summed E-state index contributed by atoms with van der Waals surface area (Å²) in [4.78, 5) is 6.69. The quantitative estimate of drug-likeness (QED) is 0.292.